The van der Waals surface area contributed by atoms with Crippen LogP contribution < -0.4 is 0 Å². The predicted molar refractivity (Wildman–Crippen MR) is 67.6 cm³/mol. The van der Waals surface area contributed by atoms with Crippen LogP contribution in [0.2, 0.25) is 0 Å². The fraction of sp³-hybridized carbons (Fsp3) is 0. The zero-order valence-corrected chi connectivity index (χ0v) is 12.6. The zero-order valence-electron chi connectivity index (χ0n) is 9.19. The van der Waals surface area contributed by atoms with Crippen LogP contribution in [0.1, 0.15) is 11.1 Å². The van der Waals surface area contributed by atoms with Crippen LogP contribution in [-0.4, -0.2) is 11.0 Å². The van der Waals surface area contributed by atoms with E-state index in [0.717, 1.165) is 11.1 Å². The fourth-order valence-electron chi connectivity index (χ4n) is 0.956. The summed E-state index contributed by atoms with van der Waals surface area (Å²) < 4.78 is 0. The molecule has 0 aromatic heterocycles. The van der Waals surface area contributed by atoms with E-state index < -0.39 is 0 Å². The van der Waals surface area contributed by atoms with Crippen LogP contribution in [0.5, 0.6) is 0 Å². The molecular weight excluding hydrogens is 287 g/mol. The summed E-state index contributed by atoms with van der Waals surface area (Å²) in [6, 6.07) is 19.7. The Morgan fingerprint density at radius 3 is 0.938 bits per heavy atom. The molecule has 0 saturated carbocycles. The first-order valence-corrected chi connectivity index (χ1v) is 4.53. The molecule has 0 spiro atoms. The van der Waals surface area contributed by atoms with E-state index in [2.05, 4.69) is 13.8 Å². The molecule has 2 aromatic carbocycles. The molecule has 0 heterocycles. The molecule has 16 heavy (non-hydrogen) atoms. The van der Waals surface area contributed by atoms with E-state index in [1.54, 1.807) is 0 Å². The molecule has 0 unspecified atom stereocenters. The molecule has 0 fully saturated rings. The number of hydrogen-bond donors (Lipinski definition) is 0. The van der Waals surface area contributed by atoms with Crippen molar-refractivity contribution >= 4 is 11.0 Å². The van der Waals surface area contributed by atoms with Crippen LogP contribution in [-0.2, 0) is 26.2 Å². The minimum absolute atomic E-state index is 0. The van der Waals surface area contributed by atoms with Crippen LogP contribution in [0.15, 0.2) is 60.7 Å². The summed E-state index contributed by atoms with van der Waals surface area (Å²) in [6.07, 6.45) is 0. The van der Waals surface area contributed by atoms with E-state index in [1.807, 2.05) is 60.7 Å². The van der Waals surface area contributed by atoms with Gasteiger partial charge in [-0.1, -0.05) is 12.1 Å². The third-order valence-corrected chi connectivity index (χ3v) is 1.69. The fourth-order valence-corrected chi connectivity index (χ4v) is 0.956. The van der Waals surface area contributed by atoms with Gasteiger partial charge in [-0.2, -0.15) is 49.2 Å². The summed E-state index contributed by atoms with van der Waals surface area (Å²) in [7, 11) is 0. The SMILES string of the molecule is [CH2-]c1ccccc1.[CH2-]c1ccccc1.[Si].[Zr+2]. The Morgan fingerprint density at radius 2 is 0.812 bits per heavy atom. The van der Waals surface area contributed by atoms with Crippen LogP contribution >= 0.6 is 0 Å². The Hall–Kier alpha value is -0.720. The minimum atomic E-state index is 0. The third-order valence-electron chi connectivity index (χ3n) is 1.69. The second-order valence-corrected chi connectivity index (χ2v) is 2.97. The number of benzene rings is 2. The number of rotatable bonds is 0. The molecule has 2 rings (SSSR count). The van der Waals surface area contributed by atoms with Crippen molar-refractivity contribution in [2.45, 2.75) is 0 Å². The van der Waals surface area contributed by atoms with Gasteiger partial charge in [-0.25, -0.2) is 0 Å². The molecule has 4 radical (unpaired) electrons. The Balaban J connectivity index is 0. The zero-order chi connectivity index (χ0) is 10.2. The molecule has 0 saturated heterocycles. The molecule has 0 nitrogen and oxygen atoms in total. The molecule has 0 aliphatic carbocycles. The van der Waals surface area contributed by atoms with Crippen molar-refractivity contribution in [2.75, 3.05) is 0 Å². The molecule has 0 N–H and O–H groups in total. The second kappa shape index (κ2) is 10.8. The second-order valence-electron chi connectivity index (χ2n) is 2.97. The average molecular weight is 302 g/mol. The summed E-state index contributed by atoms with van der Waals surface area (Å²) in [5.41, 5.74) is 2.14. The van der Waals surface area contributed by atoms with Crippen molar-refractivity contribution < 1.29 is 26.2 Å². The van der Waals surface area contributed by atoms with E-state index in [1.165, 1.54) is 0 Å². The van der Waals surface area contributed by atoms with Gasteiger partial charge in [0.25, 0.3) is 0 Å². The maximum atomic E-state index is 3.72. The number of hydrogen-bond acceptors (Lipinski definition) is 0. The van der Waals surface area contributed by atoms with Crippen molar-refractivity contribution in [2.24, 2.45) is 0 Å². The monoisotopic (exact) mass is 300 g/mol. The molecule has 0 aliphatic heterocycles. The van der Waals surface area contributed by atoms with Crippen molar-refractivity contribution in [3.8, 4) is 0 Å². The molecule has 0 aliphatic rings. The summed E-state index contributed by atoms with van der Waals surface area (Å²) in [4.78, 5) is 0. The Kier molecular flexibility index (Phi) is 11.9. The first-order valence-electron chi connectivity index (χ1n) is 4.53. The summed E-state index contributed by atoms with van der Waals surface area (Å²) in [5.74, 6) is 0. The summed E-state index contributed by atoms with van der Waals surface area (Å²) in [5, 5.41) is 0. The van der Waals surface area contributed by atoms with Gasteiger partial charge in [0, 0.05) is 11.0 Å². The van der Waals surface area contributed by atoms with Crippen LogP contribution in [0.25, 0.3) is 0 Å². The Morgan fingerprint density at radius 1 is 0.562 bits per heavy atom. The van der Waals surface area contributed by atoms with Crippen molar-refractivity contribution in [3.63, 3.8) is 0 Å². The summed E-state index contributed by atoms with van der Waals surface area (Å²) in [6.45, 7) is 7.44. The Labute approximate surface area is 122 Å². The van der Waals surface area contributed by atoms with Gasteiger partial charge in [0.05, 0.1) is 0 Å². The third kappa shape index (κ3) is 8.58. The largest absolute Gasteiger partial charge is 2.00 e. The minimum Gasteiger partial charge on any atom is -0.199 e. The van der Waals surface area contributed by atoms with E-state index in [-0.39, 0.29) is 37.2 Å². The molecule has 2 aromatic rings. The maximum Gasteiger partial charge on any atom is 2.00 e. The molecule has 0 bridgehead atoms. The van der Waals surface area contributed by atoms with Gasteiger partial charge in [-0.3, -0.25) is 0 Å². The average Bonchev–Trinajstić information content (AvgIpc) is 2.21. The van der Waals surface area contributed by atoms with E-state index >= 15 is 0 Å². The standard InChI is InChI=1S/2C7H7.Si.Zr/c2*1-7-5-3-2-4-6-7;;/h2*2-6H,1H2;;/q2*-1;;+2. The molecule has 78 valence electrons. The summed E-state index contributed by atoms with van der Waals surface area (Å²) >= 11 is 0. The van der Waals surface area contributed by atoms with Gasteiger partial charge in [-0.05, 0) is 0 Å². The van der Waals surface area contributed by atoms with Crippen molar-refractivity contribution in [1.29, 1.82) is 0 Å². The van der Waals surface area contributed by atoms with Crippen LogP contribution in [0.3, 0.4) is 0 Å². The van der Waals surface area contributed by atoms with Crippen molar-refractivity contribution in [1.82, 2.24) is 0 Å². The van der Waals surface area contributed by atoms with Gasteiger partial charge < -0.3 is 0 Å². The van der Waals surface area contributed by atoms with Gasteiger partial charge in [0.15, 0.2) is 0 Å². The van der Waals surface area contributed by atoms with E-state index in [9.17, 15) is 0 Å². The molecule has 0 amide bonds. The Bertz CT molecular complexity index is 308. The van der Waals surface area contributed by atoms with Gasteiger partial charge >= 0.3 is 26.2 Å². The first kappa shape index (κ1) is 17.7. The first-order chi connectivity index (χ1) is 6.79. The maximum absolute atomic E-state index is 3.72. The predicted octanol–water partition coefficient (Wildman–Crippen LogP) is 3.35. The van der Waals surface area contributed by atoms with Gasteiger partial charge in [0.2, 0.25) is 0 Å². The van der Waals surface area contributed by atoms with Crippen molar-refractivity contribution in [3.05, 3.63) is 85.6 Å². The quantitative estimate of drug-likeness (QED) is 0.517. The van der Waals surface area contributed by atoms with Crippen LogP contribution in [0, 0.1) is 13.8 Å². The molecule has 2 heteroatoms. The smallest absolute Gasteiger partial charge is 0.199 e. The topological polar surface area (TPSA) is 0 Å². The van der Waals surface area contributed by atoms with E-state index in [4.69, 9.17) is 0 Å². The van der Waals surface area contributed by atoms with E-state index in [0.29, 0.717) is 0 Å². The normalized spacial score (nSPS) is 7.50. The molecular formula is C14H14SiZr. The molecule has 0 atom stereocenters. The van der Waals surface area contributed by atoms with Gasteiger partial charge in [0.1, 0.15) is 0 Å². The van der Waals surface area contributed by atoms with Gasteiger partial charge in [-0.15, -0.1) is 24.3 Å². The van der Waals surface area contributed by atoms with Crippen LogP contribution in [0.4, 0.5) is 0 Å².